The van der Waals surface area contributed by atoms with Crippen LogP contribution in [0, 0.1) is 11.6 Å². The van der Waals surface area contributed by atoms with Crippen LogP contribution in [0.15, 0.2) is 18.2 Å². The maximum absolute atomic E-state index is 13.2. The Morgan fingerprint density at radius 1 is 1.38 bits per heavy atom. The Bertz CT molecular complexity index is 366. The second-order valence-corrected chi connectivity index (χ2v) is 3.59. The van der Waals surface area contributed by atoms with Gasteiger partial charge in [-0.05, 0) is 24.5 Å². The summed E-state index contributed by atoms with van der Waals surface area (Å²) in [7, 11) is 0. The summed E-state index contributed by atoms with van der Waals surface area (Å²) in [5.74, 6) is -1.19. The van der Waals surface area contributed by atoms with Gasteiger partial charge in [-0.2, -0.15) is 0 Å². The number of halogens is 2. The molecule has 0 heterocycles. The van der Waals surface area contributed by atoms with Crippen LogP contribution in [-0.4, -0.2) is 12.5 Å². The molecule has 1 aromatic rings. The average molecular weight is 227 g/mol. The standard InChI is InChI=1S/C12H15F2NO/c1-2-3-12(16)15-7-6-9-4-5-10(13)8-11(9)14/h4-5,8H,2-3,6-7H2,1H3,(H,15,16). The summed E-state index contributed by atoms with van der Waals surface area (Å²) in [5, 5.41) is 2.67. The first-order valence-electron chi connectivity index (χ1n) is 5.34. The summed E-state index contributed by atoms with van der Waals surface area (Å²) in [5.41, 5.74) is 0.415. The molecule has 1 N–H and O–H groups in total. The highest BCUT2D eigenvalue weighted by Gasteiger charge is 2.04. The van der Waals surface area contributed by atoms with E-state index in [1.54, 1.807) is 0 Å². The van der Waals surface area contributed by atoms with Gasteiger partial charge in [0.15, 0.2) is 0 Å². The maximum atomic E-state index is 13.2. The Morgan fingerprint density at radius 3 is 2.75 bits per heavy atom. The summed E-state index contributed by atoms with van der Waals surface area (Å²) >= 11 is 0. The normalized spacial score (nSPS) is 10.2. The first kappa shape index (κ1) is 12.6. The van der Waals surface area contributed by atoms with Gasteiger partial charge in [0.05, 0.1) is 0 Å². The van der Waals surface area contributed by atoms with Gasteiger partial charge in [-0.3, -0.25) is 4.79 Å². The Hall–Kier alpha value is -1.45. The topological polar surface area (TPSA) is 29.1 Å². The lowest BCUT2D eigenvalue weighted by Gasteiger charge is -2.05. The van der Waals surface area contributed by atoms with Gasteiger partial charge < -0.3 is 5.32 Å². The van der Waals surface area contributed by atoms with Crippen molar-refractivity contribution in [1.82, 2.24) is 5.32 Å². The highest BCUT2D eigenvalue weighted by molar-refractivity contribution is 5.75. The lowest BCUT2D eigenvalue weighted by atomic mass is 10.1. The Kier molecular flexibility index (Phi) is 4.89. The second kappa shape index (κ2) is 6.20. The molecule has 4 heteroatoms. The minimum absolute atomic E-state index is 0.0370. The Morgan fingerprint density at radius 2 is 2.12 bits per heavy atom. The van der Waals surface area contributed by atoms with Gasteiger partial charge in [0.1, 0.15) is 11.6 Å². The van der Waals surface area contributed by atoms with Crippen molar-refractivity contribution in [2.24, 2.45) is 0 Å². The molecule has 0 atom stereocenters. The number of carbonyl (C=O) groups is 1. The molecule has 88 valence electrons. The average Bonchev–Trinajstić information content (AvgIpc) is 2.22. The largest absolute Gasteiger partial charge is 0.356 e. The fraction of sp³-hybridized carbons (Fsp3) is 0.417. The highest BCUT2D eigenvalue weighted by atomic mass is 19.1. The van der Waals surface area contributed by atoms with E-state index in [0.29, 0.717) is 24.9 Å². The summed E-state index contributed by atoms with van der Waals surface area (Å²) in [6, 6.07) is 3.46. The molecule has 0 aliphatic heterocycles. The molecule has 0 spiro atoms. The number of amides is 1. The van der Waals surface area contributed by atoms with Gasteiger partial charge in [0.25, 0.3) is 0 Å². The van der Waals surface area contributed by atoms with Crippen molar-refractivity contribution in [2.75, 3.05) is 6.54 Å². The van der Waals surface area contributed by atoms with Gasteiger partial charge >= 0.3 is 0 Å². The van der Waals surface area contributed by atoms with Crippen LogP contribution in [-0.2, 0) is 11.2 Å². The van der Waals surface area contributed by atoms with E-state index in [0.717, 1.165) is 12.5 Å². The molecule has 0 saturated heterocycles. The predicted molar refractivity (Wildman–Crippen MR) is 58.0 cm³/mol. The quantitative estimate of drug-likeness (QED) is 0.822. The number of hydrogen-bond acceptors (Lipinski definition) is 1. The zero-order valence-electron chi connectivity index (χ0n) is 9.22. The van der Waals surface area contributed by atoms with E-state index in [1.807, 2.05) is 6.92 Å². The van der Waals surface area contributed by atoms with E-state index < -0.39 is 11.6 Å². The Labute approximate surface area is 93.7 Å². The van der Waals surface area contributed by atoms with E-state index in [9.17, 15) is 13.6 Å². The van der Waals surface area contributed by atoms with Crippen LogP contribution in [0.1, 0.15) is 25.3 Å². The van der Waals surface area contributed by atoms with Crippen LogP contribution in [0.3, 0.4) is 0 Å². The van der Waals surface area contributed by atoms with E-state index in [1.165, 1.54) is 12.1 Å². The van der Waals surface area contributed by atoms with Crippen LogP contribution >= 0.6 is 0 Å². The summed E-state index contributed by atoms with van der Waals surface area (Å²) in [6.07, 6.45) is 1.64. The molecule has 0 radical (unpaired) electrons. The number of nitrogens with one attached hydrogen (secondary N) is 1. The lowest BCUT2D eigenvalue weighted by Crippen LogP contribution is -2.25. The zero-order valence-corrected chi connectivity index (χ0v) is 9.22. The number of benzene rings is 1. The van der Waals surface area contributed by atoms with Gasteiger partial charge in [-0.1, -0.05) is 13.0 Å². The SMILES string of the molecule is CCCC(=O)NCCc1ccc(F)cc1F. The van der Waals surface area contributed by atoms with Gasteiger partial charge in [0, 0.05) is 19.0 Å². The van der Waals surface area contributed by atoms with Crippen molar-refractivity contribution >= 4 is 5.91 Å². The van der Waals surface area contributed by atoms with Crippen LogP contribution in [0.2, 0.25) is 0 Å². The second-order valence-electron chi connectivity index (χ2n) is 3.59. The third kappa shape index (κ3) is 3.96. The minimum atomic E-state index is -0.587. The van der Waals surface area contributed by atoms with E-state index in [4.69, 9.17) is 0 Å². The third-order valence-corrected chi connectivity index (χ3v) is 2.21. The van der Waals surface area contributed by atoms with Crippen molar-refractivity contribution in [3.05, 3.63) is 35.4 Å². The van der Waals surface area contributed by atoms with Crippen molar-refractivity contribution in [2.45, 2.75) is 26.2 Å². The zero-order chi connectivity index (χ0) is 12.0. The van der Waals surface area contributed by atoms with Crippen molar-refractivity contribution < 1.29 is 13.6 Å². The van der Waals surface area contributed by atoms with Crippen LogP contribution in [0.4, 0.5) is 8.78 Å². The molecule has 0 aliphatic rings. The van der Waals surface area contributed by atoms with Crippen molar-refractivity contribution in [1.29, 1.82) is 0 Å². The van der Waals surface area contributed by atoms with Crippen molar-refractivity contribution in [3.63, 3.8) is 0 Å². The molecule has 0 aromatic heterocycles. The van der Waals surface area contributed by atoms with Gasteiger partial charge in [-0.15, -0.1) is 0 Å². The van der Waals surface area contributed by atoms with E-state index in [-0.39, 0.29) is 5.91 Å². The minimum Gasteiger partial charge on any atom is -0.356 e. The smallest absolute Gasteiger partial charge is 0.219 e. The third-order valence-electron chi connectivity index (χ3n) is 2.21. The van der Waals surface area contributed by atoms with Crippen LogP contribution in [0.25, 0.3) is 0 Å². The van der Waals surface area contributed by atoms with E-state index in [2.05, 4.69) is 5.32 Å². The summed E-state index contributed by atoms with van der Waals surface area (Å²) < 4.78 is 25.8. The van der Waals surface area contributed by atoms with Crippen LogP contribution in [0.5, 0.6) is 0 Å². The summed E-state index contributed by atoms with van der Waals surface area (Å²) in [4.78, 5) is 11.1. The first-order chi connectivity index (χ1) is 7.63. The number of rotatable bonds is 5. The summed E-state index contributed by atoms with van der Waals surface area (Å²) in [6.45, 7) is 2.29. The molecular weight excluding hydrogens is 212 g/mol. The Balaban J connectivity index is 2.40. The first-order valence-corrected chi connectivity index (χ1v) is 5.34. The molecule has 0 unspecified atom stereocenters. The van der Waals surface area contributed by atoms with Gasteiger partial charge in [-0.25, -0.2) is 8.78 Å². The maximum Gasteiger partial charge on any atom is 0.219 e. The fourth-order valence-corrected chi connectivity index (χ4v) is 1.38. The molecule has 0 aliphatic carbocycles. The highest BCUT2D eigenvalue weighted by Crippen LogP contribution is 2.09. The monoisotopic (exact) mass is 227 g/mol. The molecule has 16 heavy (non-hydrogen) atoms. The van der Waals surface area contributed by atoms with Gasteiger partial charge in [0.2, 0.25) is 5.91 Å². The molecule has 1 rings (SSSR count). The molecule has 1 amide bonds. The molecule has 2 nitrogen and oxygen atoms in total. The molecule has 0 bridgehead atoms. The van der Waals surface area contributed by atoms with E-state index >= 15 is 0 Å². The number of carbonyl (C=O) groups excluding carboxylic acids is 1. The number of hydrogen-bond donors (Lipinski definition) is 1. The lowest BCUT2D eigenvalue weighted by molar-refractivity contribution is -0.121. The van der Waals surface area contributed by atoms with Crippen molar-refractivity contribution in [3.8, 4) is 0 Å². The predicted octanol–water partition coefficient (Wildman–Crippen LogP) is 2.42. The molecule has 0 fully saturated rings. The molecule has 0 saturated carbocycles. The molecular formula is C12H15F2NO. The van der Waals surface area contributed by atoms with Crippen LogP contribution < -0.4 is 5.32 Å². The fourth-order valence-electron chi connectivity index (χ4n) is 1.38. The molecule has 1 aromatic carbocycles.